The van der Waals surface area contributed by atoms with E-state index < -0.39 is 0 Å². The molecule has 2 saturated heterocycles. The Morgan fingerprint density at radius 1 is 1.28 bits per heavy atom. The third-order valence-corrected chi connectivity index (χ3v) is 5.78. The fourth-order valence-corrected chi connectivity index (χ4v) is 4.37. The van der Waals surface area contributed by atoms with Crippen molar-refractivity contribution in [3.8, 4) is 0 Å². The number of carbonyl (C=O) groups excluding carboxylic acids is 1. The Hall–Kier alpha value is -1.24. The molecule has 2 atom stereocenters. The maximum Gasteiger partial charge on any atom is 0.317 e. The molecule has 3 N–H and O–H groups in total. The predicted octanol–water partition coefficient (Wildman–Crippen LogP) is 3.43. The van der Waals surface area contributed by atoms with Crippen molar-refractivity contribution >= 4 is 45.3 Å². The topological polar surface area (TPSA) is 60.2 Å². The molecule has 2 amide bonds. The van der Waals surface area contributed by atoms with Crippen LogP contribution in [0.1, 0.15) is 24.8 Å². The Bertz CT molecular complexity index is 750. The summed E-state index contributed by atoms with van der Waals surface area (Å²) in [7, 11) is 0. The Morgan fingerprint density at radius 3 is 2.96 bits per heavy atom. The molecule has 0 aliphatic carbocycles. The molecule has 0 bridgehead atoms. The van der Waals surface area contributed by atoms with Crippen LogP contribution in [0.2, 0.25) is 0 Å². The van der Waals surface area contributed by atoms with Gasteiger partial charge in [-0.05, 0) is 56.0 Å². The van der Waals surface area contributed by atoms with Crippen LogP contribution in [0.25, 0.3) is 10.9 Å². The number of carbonyl (C=O) groups is 1. The molecule has 1 aromatic carbocycles. The van der Waals surface area contributed by atoms with Crippen LogP contribution in [0.15, 0.2) is 28.9 Å². The van der Waals surface area contributed by atoms with Gasteiger partial charge in [0.2, 0.25) is 0 Å². The number of hydrogen-bond acceptors (Lipinski definition) is 2. The van der Waals surface area contributed by atoms with Gasteiger partial charge in [0.25, 0.3) is 0 Å². The number of benzene rings is 1. The van der Waals surface area contributed by atoms with Gasteiger partial charge in [-0.2, -0.15) is 0 Å². The van der Waals surface area contributed by atoms with Crippen LogP contribution in [-0.2, 0) is 6.42 Å². The number of amides is 2. The standard InChI is InChI=1S/C18H23BrN4O.ClH/c19-13-2-4-17-16(9-13)12(11-22-17)1-3-14-10-15(5-6-20-14)23-8-7-21-18(23)24;/h2,4,9,11,14-15,20,22H,1,3,5-8,10H2,(H,21,24);1H. The minimum absolute atomic E-state index is 0. The van der Waals surface area contributed by atoms with Crippen LogP contribution in [0.3, 0.4) is 0 Å². The Labute approximate surface area is 162 Å². The molecule has 2 aliphatic rings. The van der Waals surface area contributed by atoms with E-state index in [4.69, 9.17) is 0 Å². The molecule has 0 spiro atoms. The van der Waals surface area contributed by atoms with Crippen molar-refractivity contribution < 1.29 is 4.79 Å². The Balaban J connectivity index is 0.00000182. The summed E-state index contributed by atoms with van der Waals surface area (Å²) in [6.07, 6.45) is 6.40. The number of nitrogens with zero attached hydrogens (tertiary/aromatic N) is 1. The van der Waals surface area contributed by atoms with Gasteiger partial charge in [-0.3, -0.25) is 0 Å². The molecule has 2 aliphatic heterocycles. The van der Waals surface area contributed by atoms with Gasteiger partial charge >= 0.3 is 6.03 Å². The predicted molar refractivity (Wildman–Crippen MR) is 106 cm³/mol. The lowest BCUT2D eigenvalue weighted by atomic mass is 9.93. The zero-order chi connectivity index (χ0) is 16.5. The van der Waals surface area contributed by atoms with Crippen molar-refractivity contribution in [2.24, 2.45) is 0 Å². The third-order valence-electron chi connectivity index (χ3n) is 5.29. The van der Waals surface area contributed by atoms with E-state index in [0.717, 1.165) is 49.8 Å². The molecule has 0 radical (unpaired) electrons. The van der Waals surface area contributed by atoms with E-state index in [2.05, 4.69) is 55.9 Å². The number of fused-ring (bicyclic) bond motifs is 1. The highest BCUT2D eigenvalue weighted by Gasteiger charge is 2.31. The Kier molecular flexibility index (Phi) is 5.92. The number of rotatable bonds is 4. The highest BCUT2D eigenvalue weighted by atomic mass is 79.9. The van der Waals surface area contributed by atoms with E-state index >= 15 is 0 Å². The molecule has 3 heterocycles. The van der Waals surface area contributed by atoms with Crippen LogP contribution in [0.5, 0.6) is 0 Å². The second-order valence-corrected chi connectivity index (χ2v) is 7.71. The minimum Gasteiger partial charge on any atom is -0.361 e. The van der Waals surface area contributed by atoms with E-state index in [1.165, 1.54) is 16.5 Å². The molecular formula is C18H24BrClN4O. The monoisotopic (exact) mass is 426 g/mol. The first-order chi connectivity index (χ1) is 11.7. The average molecular weight is 428 g/mol. The molecule has 0 saturated carbocycles. The van der Waals surface area contributed by atoms with E-state index in [-0.39, 0.29) is 18.4 Å². The number of urea groups is 1. The molecule has 4 rings (SSSR count). The number of piperidine rings is 1. The maximum absolute atomic E-state index is 11.9. The van der Waals surface area contributed by atoms with Crippen LogP contribution >= 0.6 is 28.3 Å². The summed E-state index contributed by atoms with van der Waals surface area (Å²) in [5.41, 5.74) is 2.56. The van der Waals surface area contributed by atoms with Crippen LogP contribution in [0, 0.1) is 0 Å². The molecule has 136 valence electrons. The largest absolute Gasteiger partial charge is 0.361 e. The van der Waals surface area contributed by atoms with Gasteiger partial charge in [0.1, 0.15) is 0 Å². The number of halogens is 2. The fraction of sp³-hybridized carbons (Fsp3) is 0.500. The molecule has 2 unspecified atom stereocenters. The van der Waals surface area contributed by atoms with Crippen molar-refractivity contribution in [3.05, 3.63) is 34.4 Å². The van der Waals surface area contributed by atoms with Crippen molar-refractivity contribution in [2.45, 2.75) is 37.8 Å². The van der Waals surface area contributed by atoms with E-state index in [9.17, 15) is 4.79 Å². The quantitative estimate of drug-likeness (QED) is 0.700. The summed E-state index contributed by atoms with van der Waals surface area (Å²) in [6, 6.07) is 7.35. The minimum atomic E-state index is 0. The second kappa shape index (κ2) is 7.98. The highest BCUT2D eigenvalue weighted by molar-refractivity contribution is 9.10. The summed E-state index contributed by atoms with van der Waals surface area (Å²) in [5.74, 6) is 0. The number of aromatic nitrogens is 1. The molecule has 25 heavy (non-hydrogen) atoms. The van der Waals surface area contributed by atoms with E-state index in [1.807, 2.05) is 4.90 Å². The third kappa shape index (κ3) is 3.96. The zero-order valence-electron chi connectivity index (χ0n) is 14.1. The van der Waals surface area contributed by atoms with E-state index in [1.54, 1.807) is 0 Å². The molecule has 2 fully saturated rings. The van der Waals surface area contributed by atoms with Gasteiger partial charge in [-0.15, -0.1) is 12.4 Å². The Morgan fingerprint density at radius 2 is 2.16 bits per heavy atom. The lowest BCUT2D eigenvalue weighted by molar-refractivity contribution is 0.169. The fourth-order valence-electron chi connectivity index (χ4n) is 4.01. The maximum atomic E-state index is 11.9. The van der Waals surface area contributed by atoms with Gasteiger partial charge in [0, 0.05) is 46.7 Å². The highest BCUT2D eigenvalue weighted by Crippen LogP contribution is 2.25. The number of H-pyrrole nitrogens is 1. The number of aromatic amines is 1. The molecular weight excluding hydrogens is 404 g/mol. The van der Waals surface area contributed by atoms with Crippen molar-refractivity contribution in [3.63, 3.8) is 0 Å². The zero-order valence-corrected chi connectivity index (χ0v) is 16.5. The van der Waals surface area contributed by atoms with Gasteiger partial charge < -0.3 is 20.5 Å². The molecule has 2 aromatic rings. The van der Waals surface area contributed by atoms with Gasteiger partial charge in [0.05, 0.1) is 0 Å². The van der Waals surface area contributed by atoms with Crippen molar-refractivity contribution in [1.82, 2.24) is 20.5 Å². The first-order valence-electron chi connectivity index (χ1n) is 8.74. The number of nitrogens with one attached hydrogen (secondary N) is 3. The summed E-state index contributed by atoms with van der Waals surface area (Å²) < 4.78 is 1.12. The van der Waals surface area contributed by atoms with E-state index in [0.29, 0.717) is 12.1 Å². The summed E-state index contributed by atoms with van der Waals surface area (Å²) in [4.78, 5) is 17.3. The summed E-state index contributed by atoms with van der Waals surface area (Å²) >= 11 is 3.56. The number of hydrogen-bond donors (Lipinski definition) is 3. The number of aryl methyl sites for hydroxylation is 1. The SMILES string of the molecule is Cl.O=C1NCCN1C1CCNC(CCc2c[nH]c3ccc(Br)cc23)C1. The second-order valence-electron chi connectivity index (χ2n) is 6.80. The smallest absolute Gasteiger partial charge is 0.317 e. The normalized spacial score (nSPS) is 23.6. The molecule has 7 heteroatoms. The van der Waals surface area contributed by atoms with Crippen LogP contribution < -0.4 is 10.6 Å². The van der Waals surface area contributed by atoms with Gasteiger partial charge in [-0.25, -0.2) is 4.79 Å². The van der Waals surface area contributed by atoms with Crippen LogP contribution in [0.4, 0.5) is 4.79 Å². The van der Waals surface area contributed by atoms with Crippen molar-refractivity contribution in [1.29, 1.82) is 0 Å². The van der Waals surface area contributed by atoms with Crippen LogP contribution in [-0.4, -0.2) is 47.6 Å². The first kappa shape index (κ1) is 18.5. The van der Waals surface area contributed by atoms with Crippen molar-refractivity contribution in [2.75, 3.05) is 19.6 Å². The van der Waals surface area contributed by atoms with Gasteiger partial charge in [-0.1, -0.05) is 15.9 Å². The lowest BCUT2D eigenvalue weighted by Crippen LogP contribution is -2.49. The summed E-state index contributed by atoms with van der Waals surface area (Å²) in [5, 5.41) is 7.85. The lowest BCUT2D eigenvalue weighted by Gasteiger charge is -2.35. The van der Waals surface area contributed by atoms with Gasteiger partial charge in [0.15, 0.2) is 0 Å². The molecule has 1 aromatic heterocycles. The summed E-state index contributed by atoms with van der Waals surface area (Å²) in [6.45, 7) is 2.64. The first-order valence-corrected chi connectivity index (χ1v) is 9.53. The molecule has 5 nitrogen and oxygen atoms in total. The average Bonchev–Trinajstić information content (AvgIpc) is 3.19.